The molecule has 0 aliphatic carbocycles. The highest BCUT2D eigenvalue weighted by Gasteiger charge is 2.10. The van der Waals surface area contributed by atoms with Crippen molar-refractivity contribution in [3.05, 3.63) is 22.4 Å². The molecule has 1 heterocycles. The maximum atomic E-state index is 11.3. The van der Waals surface area contributed by atoms with Crippen LogP contribution in [0.15, 0.2) is 17.5 Å². The topological polar surface area (TPSA) is 55.1 Å². The molecule has 1 rings (SSSR count). The molecule has 0 radical (unpaired) electrons. The minimum absolute atomic E-state index is 0.176. The van der Waals surface area contributed by atoms with Gasteiger partial charge in [-0.1, -0.05) is 6.07 Å². The Morgan fingerprint density at radius 2 is 2.53 bits per heavy atom. The van der Waals surface area contributed by atoms with E-state index in [2.05, 4.69) is 11.2 Å². The van der Waals surface area contributed by atoms with Crippen LogP contribution in [0.2, 0.25) is 0 Å². The van der Waals surface area contributed by atoms with Gasteiger partial charge >= 0.3 is 0 Å². The van der Waals surface area contributed by atoms with Gasteiger partial charge in [0.1, 0.15) is 0 Å². The lowest BCUT2D eigenvalue weighted by Crippen LogP contribution is -2.41. The molecule has 0 saturated carbocycles. The highest BCUT2D eigenvalue weighted by Crippen LogP contribution is 2.07. The molecule has 4 heteroatoms. The monoisotopic (exact) mass is 222 g/mol. The Bertz CT molecular complexity index is 340. The van der Waals surface area contributed by atoms with Crippen molar-refractivity contribution in [2.24, 2.45) is 5.73 Å². The van der Waals surface area contributed by atoms with Crippen LogP contribution in [0.25, 0.3) is 0 Å². The van der Waals surface area contributed by atoms with Gasteiger partial charge in [-0.05, 0) is 17.9 Å². The molecule has 0 aliphatic heterocycles. The van der Waals surface area contributed by atoms with E-state index in [0.717, 1.165) is 6.42 Å². The third kappa shape index (κ3) is 4.15. The van der Waals surface area contributed by atoms with E-state index in [1.54, 1.807) is 11.3 Å². The highest BCUT2D eigenvalue weighted by molar-refractivity contribution is 7.09. The molecule has 15 heavy (non-hydrogen) atoms. The van der Waals surface area contributed by atoms with Gasteiger partial charge in [-0.15, -0.1) is 23.7 Å². The molecule has 3 N–H and O–H groups in total. The van der Waals surface area contributed by atoms with Gasteiger partial charge in [-0.25, -0.2) is 0 Å². The fourth-order valence-electron chi connectivity index (χ4n) is 1.11. The molecule has 1 amide bonds. The number of nitrogens with two attached hydrogens (primary N) is 1. The first-order valence-corrected chi connectivity index (χ1v) is 5.61. The number of hydrogen-bond acceptors (Lipinski definition) is 3. The van der Waals surface area contributed by atoms with Crippen molar-refractivity contribution in [1.82, 2.24) is 5.32 Å². The molecule has 80 valence electrons. The zero-order valence-electron chi connectivity index (χ0n) is 8.40. The normalized spacial score (nSPS) is 11.7. The summed E-state index contributed by atoms with van der Waals surface area (Å²) in [7, 11) is 0. The molecule has 0 aliphatic rings. The molecule has 0 saturated heterocycles. The number of nitrogens with one attached hydrogen (secondary N) is 1. The summed E-state index contributed by atoms with van der Waals surface area (Å²) < 4.78 is 0. The standard InChI is InChI=1S/C11H14N2OS/c1-2-4-10(12)11(14)13-7-6-9-5-3-8-15-9/h1,3,5,8,10H,4,6-7,12H2,(H,13,14). The zero-order valence-corrected chi connectivity index (χ0v) is 9.22. The lowest BCUT2D eigenvalue weighted by atomic mass is 10.2. The largest absolute Gasteiger partial charge is 0.354 e. The SMILES string of the molecule is C#CCC(N)C(=O)NCCc1cccs1. The van der Waals surface area contributed by atoms with Crippen LogP contribution in [0.4, 0.5) is 0 Å². The van der Waals surface area contributed by atoms with E-state index in [9.17, 15) is 4.79 Å². The van der Waals surface area contributed by atoms with E-state index in [0.29, 0.717) is 6.54 Å². The van der Waals surface area contributed by atoms with E-state index < -0.39 is 6.04 Å². The molecule has 0 aromatic carbocycles. The average Bonchev–Trinajstić information content (AvgIpc) is 2.71. The van der Waals surface area contributed by atoms with Crippen molar-refractivity contribution < 1.29 is 4.79 Å². The Morgan fingerprint density at radius 3 is 3.13 bits per heavy atom. The van der Waals surface area contributed by atoms with Crippen molar-refractivity contribution in [2.45, 2.75) is 18.9 Å². The summed E-state index contributed by atoms with van der Waals surface area (Å²) in [6.07, 6.45) is 6.19. The number of amides is 1. The van der Waals surface area contributed by atoms with Crippen molar-refractivity contribution >= 4 is 17.2 Å². The lowest BCUT2D eigenvalue weighted by molar-refractivity contribution is -0.122. The number of carbonyl (C=O) groups excluding carboxylic acids is 1. The quantitative estimate of drug-likeness (QED) is 0.723. The van der Waals surface area contributed by atoms with Crippen LogP contribution in [0, 0.1) is 12.3 Å². The van der Waals surface area contributed by atoms with Crippen LogP contribution in [-0.2, 0) is 11.2 Å². The fourth-order valence-corrected chi connectivity index (χ4v) is 1.82. The molecule has 0 fully saturated rings. The average molecular weight is 222 g/mol. The Kier molecular flexibility index (Phi) is 4.88. The van der Waals surface area contributed by atoms with Gasteiger partial charge in [0, 0.05) is 17.8 Å². The van der Waals surface area contributed by atoms with Gasteiger partial charge < -0.3 is 11.1 Å². The van der Waals surface area contributed by atoms with Crippen molar-refractivity contribution in [3.8, 4) is 12.3 Å². The molecular formula is C11H14N2OS. The summed E-state index contributed by atoms with van der Waals surface area (Å²) >= 11 is 1.68. The Labute approximate surface area is 93.7 Å². The maximum absolute atomic E-state index is 11.3. The molecule has 1 unspecified atom stereocenters. The van der Waals surface area contributed by atoms with Crippen LogP contribution < -0.4 is 11.1 Å². The third-order valence-corrected chi connectivity index (χ3v) is 2.86. The summed E-state index contributed by atoms with van der Waals surface area (Å²) in [6, 6.07) is 3.45. The van der Waals surface area contributed by atoms with Gasteiger partial charge in [-0.3, -0.25) is 4.79 Å². The number of hydrogen-bond donors (Lipinski definition) is 2. The fraction of sp³-hybridized carbons (Fsp3) is 0.364. The van der Waals surface area contributed by atoms with Crippen LogP contribution >= 0.6 is 11.3 Å². The number of terminal acetylenes is 1. The summed E-state index contributed by atoms with van der Waals surface area (Å²) in [5, 5.41) is 4.77. The van der Waals surface area contributed by atoms with E-state index in [4.69, 9.17) is 12.2 Å². The van der Waals surface area contributed by atoms with Crippen LogP contribution in [0.1, 0.15) is 11.3 Å². The first-order valence-electron chi connectivity index (χ1n) is 4.73. The van der Waals surface area contributed by atoms with Gasteiger partial charge in [0.25, 0.3) is 0 Å². The lowest BCUT2D eigenvalue weighted by Gasteiger charge is -2.08. The number of rotatable bonds is 5. The summed E-state index contributed by atoms with van der Waals surface area (Å²) in [5.41, 5.74) is 5.54. The first-order chi connectivity index (χ1) is 7.24. The van der Waals surface area contributed by atoms with Crippen LogP contribution in [0.5, 0.6) is 0 Å². The summed E-state index contributed by atoms with van der Waals surface area (Å²) in [5.74, 6) is 2.19. The molecular weight excluding hydrogens is 208 g/mol. The van der Waals surface area contributed by atoms with Crippen LogP contribution in [-0.4, -0.2) is 18.5 Å². The second kappa shape index (κ2) is 6.23. The van der Waals surface area contributed by atoms with Crippen molar-refractivity contribution in [3.63, 3.8) is 0 Å². The van der Waals surface area contributed by atoms with Gasteiger partial charge in [0.15, 0.2) is 0 Å². The Morgan fingerprint density at radius 1 is 1.73 bits per heavy atom. The molecule has 1 atom stereocenters. The molecule has 3 nitrogen and oxygen atoms in total. The predicted octanol–water partition coefficient (Wildman–Crippen LogP) is 0.757. The Hall–Kier alpha value is -1.31. The number of thiophene rings is 1. The van der Waals surface area contributed by atoms with E-state index >= 15 is 0 Å². The predicted molar refractivity (Wildman–Crippen MR) is 62.5 cm³/mol. The number of carbonyl (C=O) groups is 1. The maximum Gasteiger partial charge on any atom is 0.237 e. The minimum atomic E-state index is -0.585. The smallest absolute Gasteiger partial charge is 0.237 e. The highest BCUT2D eigenvalue weighted by atomic mass is 32.1. The van der Waals surface area contributed by atoms with Gasteiger partial charge in [0.05, 0.1) is 6.04 Å². The Balaban J connectivity index is 2.20. The zero-order chi connectivity index (χ0) is 11.1. The third-order valence-electron chi connectivity index (χ3n) is 1.93. The van der Waals surface area contributed by atoms with Gasteiger partial charge in [0.2, 0.25) is 5.91 Å². The van der Waals surface area contributed by atoms with Crippen molar-refractivity contribution in [1.29, 1.82) is 0 Å². The summed E-state index contributed by atoms with van der Waals surface area (Å²) in [6.45, 7) is 0.609. The molecule has 0 spiro atoms. The van der Waals surface area contributed by atoms with Crippen LogP contribution in [0.3, 0.4) is 0 Å². The van der Waals surface area contributed by atoms with E-state index in [-0.39, 0.29) is 12.3 Å². The molecule has 1 aromatic heterocycles. The molecule has 0 bridgehead atoms. The molecule has 1 aromatic rings. The van der Waals surface area contributed by atoms with E-state index in [1.807, 2.05) is 17.5 Å². The van der Waals surface area contributed by atoms with E-state index in [1.165, 1.54) is 4.88 Å². The minimum Gasteiger partial charge on any atom is -0.354 e. The first kappa shape index (κ1) is 11.8. The van der Waals surface area contributed by atoms with Gasteiger partial charge in [-0.2, -0.15) is 0 Å². The second-order valence-electron chi connectivity index (χ2n) is 3.14. The van der Waals surface area contributed by atoms with Crippen molar-refractivity contribution in [2.75, 3.05) is 6.54 Å². The summed E-state index contributed by atoms with van der Waals surface area (Å²) in [4.78, 5) is 12.6. The second-order valence-corrected chi connectivity index (χ2v) is 4.17.